The molecule has 0 rings (SSSR count). The van der Waals surface area contributed by atoms with Crippen molar-refractivity contribution in [3.05, 3.63) is 0 Å². The van der Waals surface area contributed by atoms with Crippen LogP contribution in [0.5, 0.6) is 0 Å². The predicted octanol–water partition coefficient (Wildman–Crippen LogP) is 1.38. The Morgan fingerprint density at radius 3 is 2.82 bits per heavy atom. The summed E-state index contributed by atoms with van der Waals surface area (Å²) in [5.41, 5.74) is 0. The smallest absolute Gasteiger partial charge is 0.306 e. The minimum Gasteiger partial charge on any atom is -0.481 e. The third-order valence-electron chi connectivity index (χ3n) is 0.991. The lowest BCUT2D eigenvalue weighted by Gasteiger charge is -2.07. The van der Waals surface area contributed by atoms with Crippen molar-refractivity contribution in [2.24, 2.45) is 0 Å². The standard InChI is InChI=1S/C6H8BrO3P/c7-3-1-2-5(10-11)4-6(8)9/h5H,2,4,11H2,(H,8,9). The zero-order valence-corrected chi connectivity index (χ0v) is 8.45. The molecule has 62 valence electrons. The molecule has 1 N–H and O–H groups in total. The monoisotopic (exact) mass is 238 g/mol. The predicted molar refractivity (Wildman–Crippen MR) is 48.2 cm³/mol. The Labute approximate surface area is 75.9 Å². The summed E-state index contributed by atoms with van der Waals surface area (Å²) in [7, 11) is 2.03. The fourth-order valence-electron chi connectivity index (χ4n) is 0.516. The Bertz CT molecular complexity index is 184. The molecule has 0 amide bonds. The van der Waals surface area contributed by atoms with E-state index in [1.54, 1.807) is 0 Å². The number of aliphatic carboxylic acids is 1. The molecule has 11 heavy (non-hydrogen) atoms. The van der Waals surface area contributed by atoms with Crippen LogP contribution in [0, 0.1) is 10.8 Å². The minimum absolute atomic E-state index is 0.0226. The van der Waals surface area contributed by atoms with Crippen LogP contribution in [0.1, 0.15) is 12.8 Å². The number of halogens is 1. The van der Waals surface area contributed by atoms with Crippen molar-refractivity contribution in [1.29, 1.82) is 0 Å². The molecule has 0 fully saturated rings. The second-order valence-electron chi connectivity index (χ2n) is 1.83. The first kappa shape index (κ1) is 10.9. The maximum Gasteiger partial charge on any atom is 0.306 e. The maximum atomic E-state index is 10.2. The van der Waals surface area contributed by atoms with Crippen LogP contribution in [0.3, 0.4) is 0 Å². The molecule has 0 radical (unpaired) electrons. The van der Waals surface area contributed by atoms with E-state index in [9.17, 15) is 4.79 Å². The van der Waals surface area contributed by atoms with Gasteiger partial charge in [0.15, 0.2) is 0 Å². The van der Waals surface area contributed by atoms with E-state index in [4.69, 9.17) is 9.63 Å². The molecular weight excluding hydrogens is 231 g/mol. The number of hydrogen-bond donors (Lipinski definition) is 1. The van der Waals surface area contributed by atoms with Gasteiger partial charge in [0, 0.05) is 31.8 Å². The van der Waals surface area contributed by atoms with Crippen LogP contribution in [-0.2, 0) is 9.32 Å². The molecule has 0 aliphatic heterocycles. The van der Waals surface area contributed by atoms with Crippen LogP contribution in [0.25, 0.3) is 0 Å². The Hall–Kier alpha value is -0.100. The van der Waals surface area contributed by atoms with Gasteiger partial charge in [0.2, 0.25) is 0 Å². The average molecular weight is 239 g/mol. The highest BCUT2D eigenvalue weighted by Crippen LogP contribution is 2.07. The Morgan fingerprint density at radius 1 is 1.82 bits per heavy atom. The highest BCUT2D eigenvalue weighted by Gasteiger charge is 2.09. The molecule has 2 atom stereocenters. The van der Waals surface area contributed by atoms with E-state index in [0.29, 0.717) is 6.42 Å². The lowest BCUT2D eigenvalue weighted by molar-refractivity contribution is -0.138. The molecule has 0 bridgehead atoms. The van der Waals surface area contributed by atoms with Gasteiger partial charge in [-0.05, 0) is 4.83 Å². The van der Waals surface area contributed by atoms with Gasteiger partial charge in [-0.15, -0.1) is 0 Å². The van der Waals surface area contributed by atoms with E-state index in [0.717, 1.165) is 0 Å². The Kier molecular flexibility index (Phi) is 6.54. The molecule has 0 aromatic heterocycles. The highest BCUT2D eigenvalue weighted by molar-refractivity contribution is 9.12. The molecule has 3 nitrogen and oxygen atoms in total. The molecule has 2 unspecified atom stereocenters. The lowest BCUT2D eigenvalue weighted by Crippen LogP contribution is -2.12. The molecule has 0 spiro atoms. The van der Waals surface area contributed by atoms with Crippen LogP contribution in [-0.4, -0.2) is 17.2 Å². The molecule has 0 aromatic carbocycles. The van der Waals surface area contributed by atoms with Crippen LogP contribution >= 0.6 is 25.4 Å². The van der Waals surface area contributed by atoms with Gasteiger partial charge in [-0.2, -0.15) is 0 Å². The topological polar surface area (TPSA) is 46.5 Å². The number of carboxylic acids is 1. The van der Waals surface area contributed by atoms with Gasteiger partial charge < -0.3 is 9.63 Å². The van der Waals surface area contributed by atoms with Crippen molar-refractivity contribution in [3.63, 3.8) is 0 Å². The second kappa shape index (κ2) is 6.60. The van der Waals surface area contributed by atoms with Crippen molar-refractivity contribution >= 4 is 31.4 Å². The quantitative estimate of drug-likeness (QED) is 0.595. The molecule has 5 heteroatoms. The Balaban J connectivity index is 3.72. The maximum absolute atomic E-state index is 10.2. The third kappa shape index (κ3) is 6.30. The molecule has 0 aliphatic rings. The van der Waals surface area contributed by atoms with Crippen LogP contribution in [0.15, 0.2) is 0 Å². The fourth-order valence-corrected chi connectivity index (χ4v) is 0.870. The summed E-state index contributed by atoms with van der Waals surface area (Å²) in [6, 6.07) is 0. The van der Waals surface area contributed by atoms with Crippen molar-refractivity contribution in [3.8, 4) is 10.8 Å². The van der Waals surface area contributed by atoms with Gasteiger partial charge in [-0.1, -0.05) is 5.92 Å². The zero-order valence-electron chi connectivity index (χ0n) is 5.71. The number of hydrogen-bond acceptors (Lipinski definition) is 2. The van der Waals surface area contributed by atoms with Gasteiger partial charge in [-0.3, -0.25) is 4.79 Å². The normalized spacial score (nSPS) is 11.5. The van der Waals surface area contributed by atoms with Crippen molar-refractivity contribution in [1.82, 2.24) is 0 Å². The van der Waals surface area contributed by atoms with Crippen LogP contribution < -0.4 is 0 Å². The van der Waals surface area contributed by atoms with E-state index in [2.05, 4.69) is 26.7 Å². The summed E-state index contributed by atoms with van der Waals surface area (Å²) in [4.78, 5) is 12.7. The van der Waals surface area contributed by atoms with E-state index < -0.39 is 5.97 Å². The summed E-state index contributed by atoms with van der Waals surface area (Å²) < 4.78 is 4.78. The minimum atomic E-state index is -0.881. The van der Waals surface area contributed by atoms with Gasteiger partial charge in [-0.25, -0.2) is 0 Å². The summed E-state index contributed by atoms with van der Waals surface area (Å²) in [6.07, 6.45) is 0.0502. The zero-order chi connectivity index (χ0) is 8.69. The van der Waals surface area contributed by atoms with Crippen LogP contribution in [0.2, 0.25) is 0 Å². The van der Waals surface area contributed by atoms with Crippen molar-refractivity contribution in [2.75, 3.05) is 0 Å². The molecule has 0 saturated heterocycles. The highest BCUT2D eigenvalue weighted by atomic mass is 79.9. The van der Waals surface area contributed by atoms with Gasteiger partial charge >= 0.3 is 5.97 Å². The van der Waals surface area contributed by atoms with Crippen LogP contribution in [0.4, 0.5) is 0 Å². The largest absolute Gasteiger partial charge is 0.481 e. The van der Waals surface area contributed by atoms with Crippen molar-refractivity contribution < 1.29 is 14.4 Å². The first-order chi connectivity index (χ1) is 5.20. The lowest BCUT2D eigenvalue weighted by atomic mass is 10.2. The molecule has 0 saturated carbocycles. The number of carbonyl (C=O) groups is 1. The van der Waals surface area contributed by atoms with E-state index in [1.807, 2.05) is 9.47 Å². The Morgan fingerprint density at radius 2 is 2.45 bits per heavy atom. The van der Waals surface area contributed by atoms with E-state index in [-0.39, 0.29) is 12.5 Å². The first-order valence-electron chi connectivity index (χ1n) is 2.86. The first-order valence-corrected chi connectivity index (χ1v) is 4.13. The molecule has 0 aliphatic carbocycles. The molecule has 0 heterocycles. The summed E-state index contributed by atoms with van der Waals surface area (Å²) >= 11 is 2.90. The molecular formula is C6H8BrO3P. The second-order valence-corrected chi connectivity index (χ2v) is 2.50. The number of carboxylic acid groups (broad SMARTS) is 1. The van der Waals surface area contributed by atoms with Gasteiger partial charge in [0.1, 0.15) is 0 Å². The number of rotatable bonds is 4. The van der Waals surface area contributed by atoms with Gasteiger partial charge in [0.25, 0.3) is 0 Å². The van der Waals surface area contributed by atoms with E-state index >= 15 is 0 Å². The summed E-state index contributed by atoms with van der Waals surface area (Å²) in [5.74, 6) is 1.79. The van der Waals surface area contributed by atoms with Gasteiger partial charge in [0.05, 0.1) is 12.5 Å². The fraction of sp³-hybridized carbons (Fsp3) is 0.500. The average Bonchev–Trinajstić information content (AvgIpc) is 1.97. The van der Waals surface area contributed by atoms with E-state index in [1.165, 1.54) is 0 Å². The third-order valence-corrected chi connectivity index (χ3v) is 1.66. The molecule has 0 aromatic rings. The SMILES string of the molecule is O=C(O)CC(CC#CBr)OP. The summed E-state index contributed by atoms with van der Waals surface area (Å²) in [6.45, 7) is 0. The summed E-state index contributed by atoms with van der Waals surface area (Å²) in [5, 5.41) is 8.37. The van der Waals surface area contributed by atoms with Crippen molar-refractivity contribution in [2.45, 2.75) is 18.9 Å².